The average molecular weight is 313 g/mol. The Morgan fingerprint density at radius 1 is 1.19 bits per heavy atom. The van der Waals surface area contributed by atoms with Gasteiger partial charge >= 0.3 is 0 Å². The molecule has 1 amide bonds. The van der Waals surface area contributed by atoms with Gasteiger partial charge in [-0.05, 0) is 40.0 Å². The Morgan fingerprint density at radius 3 is 2.38 bits per heavy atom. The standard InChI is InChI=1S/C14H23N3O3S/c1-14(2,3)17-13(18)9-10-16-11-7-5-6-8-12(11)21(19,20)15-4/h5-8,15-16H,9-10H2,1-4H3,(H,17,18). The molecular formula is C14H23N3O3S. The number of hydrogen-bond acceptors (Lipinski definition) is 4. The minimum absolute atomic E-state index is 0.0797. The van der Waals surface area contributed by atoms with Crippen LogP contribution in [0.15, 0.2) is 29.2 Å². The molecule has 0 aliphatic heterocycles. The van der Waals surface area contributed by atoms with Crippen molar-refractivity contribution >= 4 is 21.6 Å². The van der Waals surface area contributed by atoms with E-state index in [9.17, 15) is 13.2 Å². The lowest BCUT2D eigenvalue weighted by Crippen LogP contribution is -2.41. The zero-order valence-corrected chi connectivity index (χ0v) is 13.7. The first-order chi connectivity index (χ1) is 9.65. The zero-order chi connectivity index (χ0) is 16.1. The molecule has 0 aliphatic rings. The van der Waals surface area contributed by atoms with E-state index in [4.69, 9.17) is 0 Å². The second kappa shape index (κ2) is 6.91. The van der Waals surface area contributed by atoms with Gasteiger partial charge in [-0.1, -0.05) is 12.1 Å². The fraction of sp³-hybridized carbons (Fsp3) is 0.500. The lowest BCUT2D eigenvalue weighted by molar-refractivity contribution is -0.122. The minimum Gasteiger partial charge on any atom is -0.383 e. The van der Waals surface area contributed by atoms with Crippen molar-refractivity contribution in [1.82, 2.24) is 10.0 Å². The van der Waals surface area contributed by atoms with Crippen LogP contribution in [0, 0.1) is 0 Å². The normalized spacial score (nSPS) is 12.0. The molecule has 0 bridgehead atoms. The Kier molecular flexibility index (Phi) is 5.74. The minimum atomic E-state index is -3.52. The summed E-state index contributed by atoms with van der Waals surface area (Å²) >= 11 is 0. The maximum atomic E-state index is 11.9. The third-order valence-corrected chi connectivity index (χ3v) is 4.10. The highest BCUT2D eigenvalue weighted by Crippen LogP contribution is 2.20. The highest BCUT2D eigenvalue weighted by Gasteiger charge is 2.16. The highest BCUT2D eigenvalue weighted by molar-refractivity contribution is 7.89. The van der Waals surface area contributed by atoms with Crippen LogP contribution in [-0.2, 0) is 14.8 Å². The van der Waals surface area contributed by atoms with Gasteiger partial charge < -0.3 is 10.6 Å². The molecule has 0 heterocycles. The van der Waals surface area contributed by atoms with E-state index in [2.05, 4.69) is 15.4 Å². The van der Waals surface area contributed by atoms with E-state index in [0.29, 0.717) is 12.2 Å². The number of benzene rings is 1. The van der Waals surface area contributed by atoms with Crippen LogP contribution in [0.4, 0.5) is 5.69 Å². The molecule has 0 saturated heterocycles. The smallest absolute Gasteiger partial charge is 0.242 e. The quantitative estimate of drug-likeness (QED) is 0.739. The molecule has 0 fully saturated rings. The van der Waals surface area contributed by atoms with E-state index in [1.54, 1.807) is 18.2 Å². The topological polar surface area (TPSA) is 87.3 Å². The largest absolute Gasteiger partial charge is 0.383 e. The van der Waals surface area contributed by atoms with Crippen molar-refractivity contribution in [1.29, 1.82) is 0 Å². The molecule has 118 valence electrons. The monoisotopic (exact) mass is 313 g/mol. The van der Waals surface area contributed by atoms with Gasteiger partial charge in [0, 0.05) is 18.5 Å². The number of para-hydroxylation sites is 1. The predicted octanol–water partition coefficient (Wildman–Crippen LogP) is 1.31. The number of carbonyl (C=O) groups excluding carboxylic acids is 1. The first kappa shape index (κ1) is 17.5. The Hall–Kier alpha value is -1.60. The van der Waals surface area contributed by atoms with Crippen LogP contribution >= 0.6 is 0 Å². The molecule has 0 aromatic heterocycles. The first-order valence-electron chi connectivity index (χ1n) is 6.73. The average Bonchev–Trinajstić information content (AvgIpc) is 2.37. The molecule has 21 heavy (non-hydrogen) atoms. The van der Waals surface area contributed by atoms with E-state index in [1.807, 2.05) is 20.8 Å². The molecule has 0 saturated carbocycles. The lowest BCUT2D eigenvalue weighted by Gasteiger charge is -2.20. The van der Waals surface area contributed by atoms with Gasteiger partial charge in [0.2, 0.25) is 15.9 Å². The van der Waals surface area contributed by atoms with Gasteiger partial charge in [-0.15, -0.1) is 0 Å². The van der Waals surface area contributed by atoms with Crippen LogP contribution in [0.2, 0.25) is 0 Å². The molecule has 1 aromatic rings. The van der Waals surface area contributed by atoms with Gasteiger partial charge in [0.1, 0.15) is 4.90 Å². The third-order valence-electron chi connectivity index (χ3n) is 2.63. The summed E-state index contributed by atoms with van der Waals surface area (Å²) in [6.45, 7) is 6.09. The molecule has 7 heteroatoms. The van der Waals surface area contributed by atoms with Crippen LogP contribution in [0.5, 0.6) is 0 Å². The number of anilines is 1. The summed E-state index contributed by atoms with van der Waals surface area (Å²) in [6.07, 6.45) is 0.269. The molecule has 1 aromatic carbocycles. The fourth-order valence-corrected chi connectivity index (χ4v) is 2.66. The summed E-state index contributed by atoms with van der Waals surface area (Å²) in [5.74, 6) is -0.0797. The molecule has 0 spiro atoms. The summed E-state index contributed by atoms with van der Waals surface area (Å²) in [4.78, 5) is 11.9. The molecule has 0 aliphatic carbocycles. The second-order valence-electron chi connectivity index (χ2n) is 5.68. The van der Waals surface area contributed by atoms with Crippen LogP contribution in [-0.4, -0.2) is 33.5 Å². The van der Waals surface area contributed by atoms with Crippen LogP contribution in [0.1, 0.15) is 27.2 Å². The number of rotatable bonds is 6. The van der Waals surface area contributed by atoms with Crippen molar-refractivity contribution in [3.05, 3.63) is 24.3 Å². The molecule has 1 rings (SSSR count). The van der Waals surface area contributed by atoms with Crippen molar-refractivity contribution in [3.8, 4) is 0 Å². The highest BCUT2D eigenvalue weighted by atomic mass is 32.2. The van der Waals surface area contributed by atoms with Gasteiger partial charge in [0.25, 0.3) is 0 Å². The Morgan fingerprint density at radius 2 is 1.81 bits per heavy atom. The summed E-state index contributed by atoms with van der Waals surface area (Å²) in [6, 6.07) is 6.59. The number of sulfonamides is 1. The van der Waals surface area contributed by atoms with E-state index in [1.165, 1.54) is 13.1 Å². The van der Waals surface area contributed by atoms with Gasteiger partial charge in [0.15, 0.2) is 0 Å². The summed E-state index contributed by atoms with van der Waals surface area (Å²) in [5, 5.41) is 5.84. The summed E-state index contributed by atoms with van der Waals surface area (Å²) in [7, 11) is -2.16. The van der Waals surface area contributed by atoms with Crippen molar-refractivity contribution in [2.75, 3.05) is 18.9 Å². The summed E-state index contributed by atoms with van der Waals surface area (Å²) < 4.78 is 26.0. The number of amides is 1. The van der Waals surface area contributed by atoms with Gasteiger partial charge in [0.05, 0.1) is 5.69 Å². The SMILES string of the molecule is CNS(=O)(=O)c1ccccc1NCCC(=O)NC(C)(C)C. The van der Waals surface area contributed by atoms with Crippen molar-refractivity contribution in [3.63, 3.8) is 0 Å². The molecule has 3 N–H and O–H groups in total. The lowest BCUT2D eigenvalue weighted by atomic mass is 10.1. The maximum absolute atomic E-state index is 11.9. The van der Waals surface area contributed by atoms with E-state index in [0.717, 1.165) is 0 Å². The van der Waals surface area contributed by atoms with Crippen LogP contribution in [0.3, 0.4) is 0 Å². The van der Waals surface area contributed by atoms with Gasteiger partial charge in [-0.3, -0.25) is 4.79 Å². The van der Waals surface area contributed by atoms with Crippen molar-refractivity contribution in [2.45, 2.75) is 37.6 Å². The number of hydrogen-bond donors (Lipinski definition) is 3. The Labute approximate surface area is 126 Å². The molecule has 0 radical (unpaired) electrons. The molecule has 0 unspecified atom stereocenters. The Bertz CT molecular complexity index is 592. The van der Waals surface area contributed by atoms with Crippen LogP contribution in [0.25, 0.3) is 0 Å². The zero-order valence-electron chi connectivity index (χ0n) is 12.9. The van der Waals surface area contributed by atoms with E-state index < -0.39 is 10.0 Å². The molecule has 0 atom stereocenters. The van der Waals surface area contributed by atoms with Gasteiger partial charge in [-0.2, -0.15) is 0 Å². The van der Waals surface area contributed by atoms with Gasteiger partial charge in [-0.25, -0.2) is 13.1 Å². The van der Waals surface area contributed by atoms with Crippen molar-refractivity contribution in [2.24, 2.45) is 0 Å². The molecule has 6 nitrogen and oxygen atoms in total. The van der Waals surface area contributed by atoms with Crippen molar-refractivity contribution < 1.29 is 13.2 Å². The Balaban J connectivity index is 2.67. The van der Waals surface area contributed by atoms with E-state index in [-0.39, 0.29) is 22.8 Å². The maximum Gasteiger partial charge on any atom is 0.242 e. The second-order valence-corrected chi connectivity index (χ2v) is 7.53. The number of carbonyl (C=O) groups is 1. The van der Waals surface area contributed by atoms with E-state index >= 15 is 0 Å². The molecular weight excluding hydrogens is 290 g/mol. The van der Waals surface area contributed by atoms with Crippen LogP contribution < -0.4 is 15.4 Å². The number of nitrogens with one attached hydrogen (secondary N) is 3. The first-order valence-corrected chi connectivity index (χ1v) is 8.21. The third kappa shape index (κ3) is 5.73. The fourth-order valence-electron chi connectivity index (χ4n) is 1.75. The predicted molar refractivity (Wildman–Crippen MR) is 83.7 cm³/mol. The summed E-state index contributed by atoms with van der Waals surface area (Å²) in [5.41, 5.74) is 0.209.